The molecule has 3 N–H and O–H groups in total. The number of aromatic nitrogens is 1. The van der Waals surface area contributed by atoms with Crippen molar-refractivity contribution in [2.24, 2.45) is 0 Å². The highest BCUT2D eigenvalue weighted by molar-refractivity contribution is 5.98. The van der Waals surface area contributed by atoms with Crippen LogP contribution in [0.1, 0.15) is 28.9 Å². The zero-order valence-electron chi connectivity index (χ0n) is 10.4. The number of nitrogen functional groups attached to an aromatic ring is 1. The molecule has 2 aromatic rings. The number of nitrogens with two attached hydrogens (primary N) is 1. The van der Waals surface area contributed by atoms with Gasteiger partial charge < -0.3 is 11.1 Å². The maximum absolute atomic E-state index is 13.1. The number of nitrogens with one attached hydrogen (secondary N) is 1. The first kappa shape index (κ1) is 13.0. The number of carbonyl (C=O) groups is 1. The van der Waals surface area contributed by atoms with Gasteiger partial charge in [0, 0.05) is 18.1 Å². The fourth-order valence-corrected chi connectivity index (χ4v) is 1.73. The van der Waals surface area contributed by atoms with Crippen molar-refractivity contribution in [1.29, 1.82) is 0 Å². The lowest BCUT2D eigenvalue weighted by Gasteiger charge is -2.15. The van der Waals surface area contributed by atoms with Crippen LogP contribution in [0.15, 0.2) is 42.7 Å². The second-order valence-corrected chi connectivity index (χ2v) is 4.21. The van der Waals surface area contributed by atoms with Gasteiger partial charge in [0.15, 0.2) is 0 Å². The molecule has 2 rings (SSSR count). The number of hydrogen-bond acceptors (Lipinski definition) is 3. The van der Waals surface area contributed by atoms with Crippen molar-refractivity contribution in [2.75, 3.05) is 5.73 Å². The molecule has 0 saturated heterocycles. The Bertz CT molecular complexity index is 601. The molecule has 1 aromatic heterocycles. The minimum atomic E-state index is -0.334. The molecule has 0 spiro atoms. The third kappa shape index (κ3) is 3.07. The zero-order chi connectivity index (χ0) is 13.8. The molecule has 1 heterocycles. The Morgan fingerprint density at radius 1 is 1.42 bits per heavy atom. The van der Waals surface area contributed by atoms with Crippen LogP contribution >= 0.6 is 0 Å². The van der Waals surface area contributed by atoms with Gasteiger partial charge >= 0.3 is 0 Å². The van der Waals surface area contributed by atoms with Crippen molar-refractivity contribution < 1.29 is 9.18 Å². The minimum Gasteiger partial charge on any atom is -0.398 e. The summed E-state index contributed by atoms with van der Waals surface area (Å²) < 4.78 is 13.1. The van der Waals surface area contributed by atoms with Crippen LogP contribution in [0.25, 0.3) is 0 Å². The molecule has 4 nitrogen and oxygen atoms in total. The summed E-state index contributed by atoms with van der Waals surface area (Å²) in [5.41, 5.74) is 7.06. The monoisotopic (exact) mass is 259 g/mol. The van der Waals surface area contributed by atoms with Crippen LogP contribution in [0.5, 0.6) is 0 Å². The van der Waals surface area contributed by atoms with E-state index < -0.39 is 0 Å². The lowest BCUT2D eigenvalue weighted by atomic mass is 10.1. The molecule has 0 aliphatic heterocycles. The predicted octanol–water partition coefficient (Wildman–Crippen LogP) is 2.29. The second-order valence-electron chi connectivity index (χ2n) is 4.21. The lowest BCUT2D eigenvalue weighted by molar-refractivity contribution is 0.0940. The molecule has 0 bridgehead atoms. The maximum Gasteiger partial charge on any atom is 0.255 e. The van der Waals surface area contributed by atoms with E-state index in [0.29, 0.717) is 16.8 Å². The second kappa shape index (κ2) is 5.48. The number of nitrogens with zero attached hydrogens (tertiary/aromatic N) is 1. The molecule has 5 heteroatoms. The first-order valence-electron chi connectivity index (χ1n) is 5.83. The Balaban J connectivity index is 2.13. The smallest absolute Gasteiger partial charge is 0.255 e. The Hall–Kier alpha value is -2.43. The summed E-state index contributed by atoms with van der Waals surface area (Å²) in [4.78, 5) is 15.9. The summed E-state index contributed by atoms with van der Waals surface area (Å²) in [7, 11) is 0. The molecule has 0 saturated carbocycles. The van der Waals surface area contributed by atoms with Crippen molar-refractivity contribution in [3.8, 4) is 0 Å². The van der Waals surface area contributed by atoms with Gasteiger partial charge in [-0.05, 0) is 30.7 Å². The normalized spacial score (nSPS) is 11.9. The van der Waals surface area contributed by atoms with Crippen LogP contribution in [0.2, 0.25) is 0 Å². The molecule has 0 aliphatic carbocycles. The van der Waals surface area contributed by atoms with E-state index in [0.717, 1.165) is 0 Å². The van der Waals surface area contributed by atoms with E-state index in [1.807, 2.05) is 0 Å². The van der Waals surface area contributed by atoms with Crippen molar-refractivity contribution >= 4 is 11.6 Å². The minimum absolute atomic E-state index is 0.311. The fourth-order valence-electron chi connectivity index (χ4n) is 1.73. The molecular weight excluding hydrogens is 245 g/mol. The quantitative estimate of drug-likeness (QED) is 0.888. The van der Waals surface area contributed by atoms with E-state index in [2.05, 4.69) is 10.3 Å². The Morgan fingerprint density at radius 2 is 2.21 bits per heavy atom. The van der Waals surface area contributed by atoms with Crippen LogP contribution < -0.4 is 11.1 Å². The van der Waals surface area contributed by atoms with Crippen molar-refractivity contribution in [3.63, 3.8) is 0 Å². The van der Waals surface area contributed by atoms with Crippen LogP contribution in [0.3, 0.4) is 0 Å². The third-order valence-electron chi connectivity index (χ3n) is 2.80. The zero-order valence-corrected chi connectivity index (χ0v) is 10.4. The lowest BCUT2D eigenvalue weighted by Crippen LogP contribution is -2.27. The van der Waals surface area contributed by atoms with Gasteiger partial charge in [0.2, 0.25) is 0 Å². The highest BCUT2D eigenvalue weighted by Gasteiger charge is 2.14. The van der Waals surface area contributed by atoms with Gasteiger partial charge in [-0.3, -0.25) is 9.78 Å². The van der Waals surface area contributed by atoms with Crippen LogP contribution in [0.4, 0.5) is 10.1 Å². The third-order valence-corrected chi connectivity index (χ3v) is 2.80. The van der Waals surface area contributed by atoms with Crippen LogP contribution in [-0.4, -0.2) is 10.9 Å². The largest absolute Gasteiger partial charge is 0.398 e. The van der Waals surface area contributed by atoms with Gasteiger partial charge in [-0.15, -0.1) is 0 Å². The molecule has 98 valence electrons. The SMILES string of the molecule is CC(NC(=O)c1cnccc1N)c1cccc(F)c1. The van der Waals surface area contributed by atoms with Crippen molar-refractivity contribution in [3.05, 3.63) is 59.7 Å². The van der Waals surface area contributed by atoms with Gasteiger partial charge in [-0.2, -0.15) is 0 Å². The number of carbonyl (C=O) groups excluding carboxylic acids is 1. The number of pyridine rings is 1. The highest BCUT2D eigenvalue weighted by Crippen LogP contribution is 2.15. The van der Waals surface area contributed by atoms with Crippen molar-refractivity contribution in [2.45, 2.75) is 13.0 Å². The Kier molecular flexibility index (Phi) is 3.75. The van der Waals surface area contributed by atoms with Crippen LogP contribution in [-0.2, 0) is 0 Å². The molecule has 1 unspecified atom stereocenters. The summed E-state index contributed by atoms with van der Waals surface area (Å²) in [6.45, 7) is 1.78. The summed E-state index contributed by atoms with van der Waals surface area (Å²) in [6, 6.07) is 7.34. The topological polar surface area (TPSA) is 68.0 Å². The standard InChI is InChI=1S/C14H14FN3O/c1-9(10-3-2-4-11(15)7-10)18-14(19)12-8-17-6-5-13(12)16/h2-9H,1H3,(H2,16,17)(H,18,19). The fraction of sp³-hybridized carbons (Fsp3) is 0.143. The number of halogens is 1. The Morgan fingerprint density at radius 3 is 2.89 bits per heavy atom. The first-order chi connectivity index (χ1) is 9.08. The van der Waals surface area contributed by atoms with E-state index in [4.69, 9.17) is 5.73 Å². The molecule has 0 fully saturated rings. The number of hydrogen-bond donors (Lipinski definition) is 2. The highest BCUT2D eigenvalue weighted by atomic mass is 19.1. The molecule has 0 aliphatic rings. The number of amides is 1. The predicted molar refractivity (Wildman–Crippen MR) is 70.9 cm³/mol. The molecule has 19 heavy (non-hydrogen) atoms. The van der Waals surface area contributed by atoms with E-state index >= 15 is 0 Å². The van der Waals surface area contributed by atoms with Crippen molar-refractivity contribution in [1.82, 2.24) is 10.3 Å². The Labute approximate surface area is 110 Å². The van der Waals surface area contributed by atoms with Gasteiger partial charge in [0.25, 0.3) is 5.91 Å². The van der Waals surface area contributed by atoms with Gasteiger partial charge in [-0.1, -0.05) is 12.1 Å². The summed E-state index contributed by atoms with van der Waals surface area (Å²) in [5.74, 6) is -0.665. The van der Waals surface area contributed by atoms with Gasteiger partial charge in [0.05, 0.1) is 11.6 Å². The number of anilines is 1. The average molecular weight is 259 g/mol. The summed E-state index contributed by atoms with van der Waals surface area (Å²) in [5, 5.41) is 2.75. The van der Waals surface area contributed by atoms with Gasteiger partial charge in [0.1, 0.15) is 5.82 Å². The number of rotatable bonds is 3. The molecule has 1 aromatic carbocycles. The molecule has 1 atom stereocenters. The first-order valence-corrected chi connectivity index (χ1v) is 5.83. The average Bonchev–Trinajstić information content (AvgIpc) is 2.39. The number of benzene rings is 1. The van der Waals surface area contributed by atoms with Crippen LogP contribution in [0, 0.1) is 5.82 Å². The summed E-state index contributed by atoms with van der Waals surface area (Å²) in [6.07, 6.45) is 2.92. The van der Waals surface area contributed by atoms with E-state index in [1.54, 1.807) is 25.1 Å². The summed E-state index contributed by atoms with van der Waals surface area (Å²) >= 11 is 0. The molecular formula is C14H14FN3O. The van der Waals surface area contributed by atoms with E-state index in [-0.39, 0.29) is 17.8 Å². The maximum atomic E-state index is 13.1. The van der Waals surface area contributed by atoms with E-state index in [1.165, 1.54) is 24.5 Å². The van der Waals surface area contributed by atoms with E-state index in [9.17, 15) is 9.18 Å². The molecule has 1 amide bonds. The molecule has 0 radical (unpaired) electrons. The van der Waals surface area contributed by atoms with Gasteiger partial charge in [-0.25, -0.2) is 4.39 Å².